The van der Waals surface area contributed by atoms with Crippen LogP contribution in [0.2, 0.25) is 5.02 Å². The van der Waals surface area contributed by atoms with Gasteiger partial charge in [0, 0.05) is 15.7 Å². The van der Waals surface area contributed by atoms with Crippen molar-refractivity contribution in [2.45, 2.75) is 17.6 Å². The van der Waals surface area contributed by atoms with E-state index in [4.69, 9.17) is 16.3 Å². The number of ether oxygens (including phenoxy) is 1. The van der Waals surface area contributed by atoms with Crippen molar-refractivity contribution in [3.63, 3.8) is 0 Å². The van der Waals surface area contributed by atoms with Crippen LogP contribution < -0.4 is 0 Å². The molecule has 0 bridgehead atoms. The van der Waals surface area contributed by atoms with Gasteiger partial charge >= 0.3 is 5.97 Å². The number of esters is 1. The predicted octanol–water partition coefficient (Wildman–Crippen LogP) is 4.81. The maximum absolute atomic E-state index is 11.9. The van der Waals surface area contributed by atoms with Gasteiger partial charge < -0.3 is 4.74 Å². The Morgan fingerprint density at radius 1 is 1.20 bits per heavy atom. The first kappa shape index (κ1) is 14.9. The smallest absolute Gasteiger partial charge is 0.339 e. The second kappa shape index (κ2) is 7.36. The molecule has 0 N–H and O–H groups in total. The van der Waals surface area contributed by atoms with Gasteiger partial charge in [0.15, 0.2) is 0 Å². The normalized spacial score (nSPS) is 10.3. The van der Waals surface area contributed by atoms with Crippen LogP contribution in [0, 0.1) is 0 Å². The van der Waals surface area contributed by atoms with Gasteiger partial charge in [-0.05, 0) is 30.7 Å². The summed E-state index contributed by atoms with van der Waals surface area (Å²) in [6, 6.07) is 15.4. The zero-order valence-electron chi connectivity index (χ0n) is 11.1. The van der Waals surface area contributed by atoms with Gasteiger partial charge in [-0.2, -0.15) is 0 Å². The van der Waals surface area contributed by atoms with E-state index < -0.39 is 0 Å². The molecule has 2 aromatic rings. The zero-order chi connectivity index (χ0) is 14.4. The number of benzene rings is 2. The van der Waals surface area contributed by atoms with Gasteiger partial charge in [-0.1, -0.05) is 41.9 Å². The first-order valence-electron chi connectivity index (χ1n) is 6.34. The Hall–Kier alpha value is -1.45. The van der Waals surface area contributed by atoms with Gasteiger partial charge in [0.05, 0.1) is 12.2 Å². The topological polar surface area (TPSA) is 26.3 Å². The number of thioether (sulfide) groups is 1. The molecule has 0 aliphatic carbocycles. The van der Waals surface area contributed by atoms with Crippen LogP contribution >= 0.6 is 23.4 Å². The number of hydrogen-bond acceptors (Lipinski definition) is 3. The minimum absolute atomic E-state index is 0.328. The highest BCUT2D eigenvalue weighted by Crippen LogP contribution is 2.29. The van der Waals surface area contributed by atoms with Gasteiger partial charge in [0.1, 0.15) is 0 Å². The summed E-state index contributed by atoms with van der Waals surface area (Å²) in [7, 11) is 0. The lowest BCUT2D eigenvalue weighted by Gasteiger charge is -2.09. The maximum Gasteiger partial charge on any atom is 0.339 e. The largest absolute Gasteiger partial charge is 0.462 e. The highest BCUT2D eigenvalue weighted by molar-refractivity contribution is 7.98. The van der Waals surface area contributed by atoms with Crippen LogP contribution in [0.15, 0.2) is 53.4 Å². The molecule has 0 aliphatic heterocycles. The zero-order valence-corrected chi connectivity index (χ0v) is 12.7. The van der Waals surface area contributed by atoms with E-state index in [1.807, 2.05) is 24.3 Å². The molecule has 0 fully saturated rings. The number of carbonyl (C=O) groups is 1. The molecule has 0 unspecified atom stereocenters. The van der Waals surface area contributed by atoms with Crippen molar-refractivity contribution >= 4 is 29.3 Å². The average Bonchev–Trinajstić information content (AvgIpc) is 2.47. The first-order chi connectivity index (χ1) is 9.70. The van der Waals surface area contributed by atoms with Gasteiger partial charge in [-0.15, -0.1) is 11.8 Å². The van der Waals surface area contributed by atoms with Crippen LogP contribution in [0.3, 0.4) is 0 Å². The Balaban J connectivity index is 2.16. The van der Waals surface area contributed by atoms with Crippen LogP contribution in [0.5, 0.6) is 0 Å². The van der Waals surface area contributed by atoms with E-state index in [2.05, 4.69) is 12.1 Å². The predicted molar refractivity (Wildman–Crippen MR) is 83.4 cm³/mol. The number of halogens is 1. The monoisotopic (exact) mass is 306 g/mol. The van der Waals surface area contributed by atoms with Crippen LogP contribution in [0.1, 0.15) is 22.8 Å². The lowest BCUT2D eigenvalue weighted by molar-refractivity contribution is 0.0522. The Kier molecular flexibility index (Phi) is 5.50. The Bertz CT molecular complexity index is 584. The third-order valence-electron chi connectivity index (χ3n) is 2.67. The van der Waals surface area contributed by atoms with E-state index in [-0.39, 0.29) is 5.97 Å². The van der Waals surface area contributed by atoms with Crippen LogP contribution in [-0.2, 0) is 10.5 Å². The molecule has 0 radical (unpaired) electrons. The summed E-state index contributed by atoms with van der Waals surface area (Å²) >= 11 is 7.56. The van der Waals surface area contributed by atoms with E-state index in [9.17, 15) is 4.79 Å². The minimum Gasteiger partial charge on any atom is -0.462 e. The van der Waals surface area contributed by atoms with Crippen molar-refractivity contribution in [3.8, 4) is 0 Å². The highest BCUT2D eigenvalue weighted by atomic mass is 35.5. The van der Waals surface area contributed by atoms with Crippen molar-refractivity contribution in [2.24, 2.45) is 0 Å². The standard InChI is InChI=1S/C16H15ClO2S/c1-2-19-16(18)14-10-13(17)8-9-15(14)20-11-12-6-4-3-5-7-12/h3-10H,2,11H2,1H3. The van der Waals surface area contributed by atoms with Crippen LogP contribution in [0.25, 0.3) is 0 Å². The second-order valence-corrected chi connectivity index (χ2v) is 5.59. The SMILES string of the molecule is CCOC(=O)c1cc(Cl)ccc1SCc1ccccc1. The summed E-state index contributed by atoms with van der Waals surface area (Å²) in [6.07, 6.45) is 0. The van der Waals surface area contributed by atoms with Crippen molar-refractivity contribution in [1.29, 1.82) is 0 Å². The molecule has 0 aliphatic rings. The van der Waals surface area contributed by atoms with Gasteiger partial charge in [0.2, 0.25) is 0 Å². The van der Waals surface area contributed by atoms with E-state index in [1.54, 1.807) is 30.8 Å². The van der Waals surface area contributed by atoms with Crippen molar-refractivity contribution < 1.29 is 9.53 Å². The van der Waals surface area contributed by atoms with E-state index in [0.717, 1.165) is 10.6 Å². The van der Waals surface area contributed by atoms with Crippen LogP contribution in [0.4, 0.5) is 0 Å². The van der Waals surface area contributed by atoms with Crippen LogP contribution in [-0.4, -0.2) is 12.6 Å². The average molecular weight is 307 g/mol. The van der Waals surface area contributed by atoms with Crippen molar-refractivity contribution in [1.82, 2.24) is 0 Å². The Morgan fingerprint density at radius 3 is 2.65 bits per heavy atom. The molecule has 0 atom stereocenters. The first-order valence-corrected chi connectivity index (χ1v) is 7.70. The summed E-state index contributed by atoms with van der Waals surface area (Å²) in [6.45, 7) is 2.15. The molecule has 2 rings (SSSR count). The molecule has 20 heavy (non-hydrogen) atoms. The third kappa shape index (κ3) is 4.02. The quantitative estimate of drug-likeness (QED) is 0.586. The maximum atomic E-state index is 11.9. The molecule has 0 saturated heterocycles. The van der Waals surface area contributed by atoms with E-state index >= 15 is 0 Å². The number of rotatable bonds is 5. The summed E-state index contributed by atoms with van der Waals surface area (Å²) < 4.78 is 5.06. The van der Waals surface area contributed by atoms with Gasteiger partial charge in [-0.25, -0.2) is 4.79 Å². The summed E-state index contributed by atoms with van der Waals surface area (Å²) in [5.74, 6) is 0.472. The highest BCUT2D eigenvalue weighted by Gasteiger charge is 2.13. The van der Waals surface area contributed by atoms with Crippen molar-refractivity contribution in [2.75, 3.05) is 6.61 Å². The Morgan fingerprint density at radius 2 is 1.95 bits per heavy atom. The molecular formula is C16H15ClO2S. The summed E-state index contributed by atoms with van der Waals surface area (Å²) in [4.78, 5) is 12.8. The van der Waals surface area contributed by atoms with Gasteiger partial charge in [-0.3, -0.25) is 0 Å². The molecule has 2 nitrogen and oxygen atoms in total. The molecule has 0 amide bonds. The third-order valence-corrected chi connectivity index (χ3v) is 4.05. The summed E-state index contributed by atoms with van der Waals surface area (Å²) in [5.41, 5.74) is 1.74. The lowest BCUT2D eigenvalue weighted by atomic mass is 10.2. The molecule has 0 aromatic heterocycles. The van der Waals surface area contributed by atoms with Gasteiger partial charge in [0.25, 0.3) is 0 Å². The fourth-order valence-electron chi connectivity index (χ4n) is 1.73. The van der Waals surface area contributed by atoms with Crippen molar-refractivity contribution in [3.05, 3.63) is 64.7 Å². The minimum atomic E-state index is -0.328. The second-order valence-electron chi connectivity index (χ2n) is 4.14. The summed E-state index contributed by atoms with van der Waals surface area (Å²) in [5, 5.41) is 0.539. The molecule has 2 aromatic carbocycles. The fourth-order valence-corrected chi connectivity index (χ4v) is 2.88. The fraction of sp³-hybridized carbons (Fsp3) is 0.188. The number of carbonyl (C=O) groups excluding carboxylic acids is 1. The molecule has 0 heterocycles. The molecular weight excluding hydrogens is 292 g/mol. The molecule has 0 saturated carbocycles. The van der Waals surface area contributed by atoms with E-state index in [0.29, 0.717) is 17.2 Å². The lowest BCUT2D eigenvalue weighted by Crippen LogP contribution is -2.06. The number of hydrogen-bond donors (Lipinski definition) is 0. The molecule has 104 valence electrons. The van der Waals surface area contributed by atoms with E-state index in [1.165, 1.54) is 5.56 Å². The molecule has 0 spiro atoms. The Labute approximate surface area is 128 Å². The molecule has 4 heteroatoms.